The minimum atomic E-state index is -0.149. The van der Waals surface area contributed by atoms with E-state index in [2.05, 4.69) is 45.5 Å². The molecular formula is C28H53NO2. The lowest BCUT2D eigenvalue weighted by Crippen LogP contribution is -2.62. The summed E-state index contributed by atoms with van der Waals surface area (Å²) in [7, 11) is 0. The third-order valence-corrected chi connectivity index (χ3v) is 6.78. The summed E-state index contributed by atoms with van der Waals surface area (Å²) in [4.78, 5) is 14.0. The van der Waals surface area contributed by atoms with Gasteiger partial charge in [-0.05, 0) is 40.5 Å². The highest BCUT2D eigenvalue weighted by molar-refractivity contribution is 5.52. The van der Waals surface area contributed by atoms with Crippen LogP contribution in [0.25, 0.3) is 0 Å². The molecule has 1 heterocycles. The third kappa shape index (κ3) is 11.6. The van der Waals surface area contributed by atoms with E-state index in [4.69, 9.17) is 4.74 Å². The number of hydrogen-bond donors (Lipinski definition) is 0. The summed E-state index contributed by atoms with van der Waals surface area (Å²) < 4.78 is 5.78. The number of nitrogens with zero attached hydrogens (tertiary/aromatic N) is 1. The summed E-state index contributed by atoms with van der Waals surface area (Å²) in [5.74, 6) is 2.27. The van der Waals surface area contributed by atoms with Gasteiger partial charge in [0, 0.05) is 0 Å². The summed E-state index contributed by atoms with van der Waals surface area (Å²) in [5, 5.41) is 0. The lowest BCUT2D eigenvalue weighted by molar-refractivity contribution is -0.108. The molecule has 0 atom stereocenters. The summed E-state index contributed by atoms with van der Waals surface area (Å²) in [6.45, 7) is 12.3. The molecule has 3 heteroatoms. The standard InChI is InChI=1S/C28H53NO2/c1-6-7-8-9-10-11-12-13-14-15-16-17-18-19-20-21-22-26(23-30)29-27(2,3)24-31-25-28(29,4)5/h6-22,24-25H2,1-5H3. The Balaban J connectivity index is 2.03. The molecule has 182 valence electrons. The van der Waals surface area contributed by atoms with Crippen molar-refractivity contribution in [3.05, 3.63) is 5.70 Å². The molecule has 0 aromatic carbocycles. The van der Waals surface area contributed by atoms with E-state index in [1.165, 1.54) is 96.3 Å². The first-order valence-corrected chi connectivity index (χ1v) is 13.5. The van der Waals surface area contributed by atoms with Crippen molar-refractivity contribution in [2.45, 2.75) is 155 Å². The van der Waals surface area contributed by atoms with Crippen molar-refractivity contribution >= 4 is 5.94 Å². The Bertz CT molecular complexity index is 489. The first-order chi connectivity index (χ1) is 14.8. The number of rotatable bonds is 18. The van der Waals surface area contributed by atoms with Gasteiger partial charge in [0.2, 0.25) is 0 Å². The van der Waals surface area contributed by atoms with E-state index in [1.807, 2.05) is 0 Å². The summed E-state index contributed by atoms with van der Waals surface area (Å²) >= 11 is 0. The van der Waals surface area contributed by atoms with Gasteiger partial charge in [-0.1, -0.05) is 103 Å². The van der Waals surface area contributed by atoms with Crippen molar-refractivity contribution in [3.63, 3.8) is 0 Å². The van der Waals surface area contributed by atoms with Gasteiger partial charge in [-0.2, -0.15) is 0 Å². The molecule has 1 saturated heterocycles. The maximum atomic E-state index is 11.7. The first-order valence-electron chi connectivity index (χ1n) is 13.5. The van der Waals surface area contributed by atoms with E-state index in [0.29, 0.717) is 13.2 Å². The molecule has 0 radical (unpaired) electrons. The highest BCUT2D eigenvalue weighted by atomic mass is 16.5. The zero-order valence-electron chi connectivity index (χ0n) is 21.7. The predicted octanol–water partition coefficient (Wildman–Crippen LogP) is 8.24. The highest BCUT2D eigenvalue weighted by Gasteiger charge is 2.43. The van der Waals surface area contributed by atoms with Gasteiger partial charge < -0.3 is 9.64 Å². The zero-order chi connectivity index (χ0) is 23.0. The van der Waals surface area contributed by atoms with Gasteiger partial charge in [0.25, 0.3) is 0 Å². The molecule has 0 aliphatic carbocycles. The Labute approximate surface area is 194 Å². The van der Waals surface area contributed by atoms with Gasteiger partial charge in [0.15, 0.2) is 0 Å². The Morgan fingerprint density at radius 1 is 0.677 bits per heavy atom. The van der Waals surface area contributed by atoms with Crippen LogP contribution in [0.1, 0.15) is 144 Å². The number of allylic oxidation sites excluding steroid dienone is 1. The lowest BCUT2D eigenvalue weighted by Gasteiger charge is -2.53. The summed E-state index contributed by atoms with van der Waals surface area (Å²) in [6, 6.07) is 0. The average molecular weight is 436 g/mol. The van der Waals surface area contributed by atoms with Gasteiger partial charge in [-0.15, -0.1) is 0 Å². The Morgan fingerprint density at radius 2 is 1.03 bits per heavy atom. The SMILES string of the molecule is CCCCCCCCCCCCCCCCCCC(=C=O)N1C(C)(C)COCC1(C)C. The summed E-state index contributed by atoms with van der Waals surface area (Å²) in [6.07, 6.45) is 22.8. The van der Waals surface area contributed by atoms with Crippen molar-refractivity contribution in [3.8, 4) is 0 Å². The molecular weight excluding hydrogens is 382 g/mol. The van der Waals surface area contributed by atoms with Crippen LogP contribution in [0.3, 0.4) is 0 Å². The molecule has 0 aromatic heterocycles. The molecule has 0 bridgehead atoms. The molecule has 1 rings (SSSR count). The fourth-order valence-corrected chi connectivity index (χ4v) is 5.28. The van der Waals surface area contributed by atoms with Gasteiger partial charge >= 0.3 is 0 Å². The van der Waals surface area contributed by atoms with Crippen LogP contribution in [0.4, 0.5) is 0 Å². The molecule has 1 fully saturated rings. The van der Waals surface area contributed by atoms with Crippen LogP contribution >= 0.6 is 0 Å². The van der Waals surface area contributed by atoms with Crippen molar-refractivity contribution < 1.29 is 9.53 Å². The quantitative estimate of drug-likeness (QED) is 0.160. The van der Waals surface area contributed by atoms with Gasteiger partial charge in [0.1, 0.15) is 5.94 Å². The van der Waals surface area contributed by atoms with Gasteiger partial charge in [-0.25, -0.2) is 4.79 Å². The number of ether oxygens (including phenoxy) is 1. The molecule has 0 saturated carbocycles. The number of hydrogen-bond acceptors (Lipinski definition) is 3. The van der Waals surface area contributed by atoms with Crippen LogP contribution in [0, 0.1) is 0 Å². The highest BCUT2D eigenvalue weighted by Crippen LogP contribution is 2.35. The average Bonchev–Trinajstić information content (AvgIpc) is 2.71. The predicted molar refractivity (Wildman–Crippen MR) is 134 cm³/mol. The Hall–Kier alpha value is -0.790. The topological polar surface area (TPSA) is 29.5 Å². The van der Waals surface area contributed by atoms with E-state index in [0.717, 1.165) is 18.5 Å². The lowest BCUT2D eigenvalue weighted by atomic mass is 9.89. The van der Waals surface area contributed by atoms with E-state index in [-0.39, 0.29) is 11.1 Å². The van der Waals surface area contributed by atoms with Crippen LogP contribution in [0.5, 0.6) is 0 Å². The number of carbonyl (C=O) groups excluding carboxylic acids is 1. The molecule has 3 nitrogen and oxygen atoms in total. The van der Waals surface area contributed by atoms with E-state index in [1.54, 1.807) is 0 Å². The van der Waals surface area contributed by atoms with E-state index in [9.17, 15) is 4.79 Å². The molecule has 1 aliphatic rings. The Kier molecular flexibility index (Phi) is 14.5. The fraction of sp³-hybridized carbons (Fsp3) is 0.929. The second-order valence-electron chi connectivity index (χ2n) is 11.1. The maximum absolute atomic E-state index is 11.7. The van der Waals surface area contributed by atoms with Crippen LogP contribution < -0.4 is 0 Å². The monoisotopic (exact) mass is 435 g/mol. The van der Waals surface area contributed by atoms with E-state index >= 15 is 0 Å². The number of morpholine rings is 1. The van der Waals surface area contributed by atoms with Crippen LogP contribution in [0.15, 0.2) is 5.70 Å². The second kappa shape index (κ2) is 15.9. The van der Waals surface area contributed by atoms with Crippen molar-refractivity contribution in [1.29, 1.82) is 0 Å². The van der Waals surface area contributed by atoms with Crippen molar-refractivity contribution in [1.82, 2.24) is 4.90 Å². The normalized spacial score (nSPS) is 17.5. The first kappa shape index (κ1) is 28.2. The number of unbranched alkanes of at least 4 members (excludes halogenated alkanes) is 15. The molecule has 0 aromatic rings. The summed E-state index contributed by atoms with van der Waals surface area (Å²) in [5.41, 5.74) is 0.538. The minimum absolute atomic E-state index is 0.149. The van der Waals surface area contributed by atoms with Crippen LogP contribution in [-0.4, -0.2) is 35.1 Å². The maximum Gasteiger partial charge on any atom is 0.145 e. The van der Waals surface area contributed by atoms with E-state index < -0.39 is 0 Å². The molecule has 0 unspecified atom stereocenters. The minimum Gasteiger partial charge on any atom is -0.377 e. The van der Waals surface area contributed by atoms with Crippen molar-refractivity contribution in [2.24, 2.45) is 0 Å². The zero-order valence-corrected chi connectivity index (χ0v) is 21.7. The van der Waals surface area contributed by atoms with Gasteiger partial charge in [0.05, 0.1) is 30.0 Å². The molecule has 0 N–H and O–H groups in total. The van der Waals surface area contributed by atoms with Crippen molar-refractivity contribution in [2.75, 3.05) is 13.2 Å². The molecule has 0 spiro atoms. The third-order valence-electron chi connectivity index (χ3n) is 6.78. The molecule has 0 amide bonds. The molecule has 31 heavy (non-hydrogen) atoms. The second-order valence-corrected chi connectivity index (χ2v) is 11.1. The van der Waals surface area contributed by atoms with Crippen LogP contribution in [-0.2, 0) is 9.53 Å². The largest absolute Gasteiger partial charge is 0.377 e. The fourth-order valence-electron chi connectivity index (χ4n) is 5.28. The van der Waals surface area contributed by atoms with Gasteiger partial charge in [-0.3, -0.25) is 0 Å². The molecule has 1 aliphatic heterocycles. The smallest absolute Gasteiger partial charge is 0.145 e. The van der Waals surface area contributed by atoms with Crippen LogP contribution in [0.2, 0.25) is 0 Å². The Morgan fingerprint density at radius 3 is 1.39 bits per heavy atom.